The lowest BCUT2D eigenvalue weighted by Gasteiger charge is -2.12. The van der Waals surface area contributed by atoms with E-state index in [2.05, 4.69) is 26.2 Å². The average molecular weight is 349 g/mol. The van der Waals surface area contributed by atoms with Crippen LogP contribution in [0.25, 0.3) is 10.9 Å². The van der Waals surface area contributed by atoms with Crippen LogP contribution in [-0.2, 0) is 0 Å². The first kappa shape index (κ1) is 13.2. The van der Waals surface area contributed by atoms with Gasteiger partial charge in [0.2, 0.25) is 0 Å². The number of pyridine rings is 1. The molecule has 0 atom stereocenters. The lowest BCUT2D eigenvalue weighted by molar-refractivity contribution is 1.40. The lowest BCUT2D eigenvalue weighted by atomic mass is 10.1. The quantitative estimate of drug-likeness (QED) is 0.642. The van der Waals surface area contributed by atoms with Gasteiger partial charge in [0.05, 0.1) is 16.9 Å². The number of halogens is 2. The highest BCUT2D eigenvalue weighted by Gasteiger charge is 2.07. The third-order valence-electron chi connectivity index (χ3n) is 3.00. The number of hydrogen-bond acceptors (Lipinski definition) is 3. The second-order valence-corrected chi connectivity index (χ2v) is 5.64. The molecule has 20 heavy (non-hydrogen) atoms. The third-order valence-corrected chi connectivity index (χ3v) is 3.93. The predicted molar refractivity (Wildman–Crippen MR) is 88.6 cm³/mol. The summed E-state index contributed by atoms with van der Waals surface area (Å²) in [6, 6.07) is 13.2. The van der Waals surface area contributed by atoms with Gasteiger partial charge in [-0.2, -0.15) is 0 Å². The topological polar surface area (TPSA) is 50.9 Å². The molecule has 0 aliphatic heterocycles. The van der Waals surface area contributed by atoms with Crippen LogP contribution in [0.1, 0.15) is 0 Å². The Kier molecular flexibility index (Phi) is 3.51. The molecule has 0 radical (unpaired) electrons. The van der Waals surface area contributed by atoms with E-state index in [9.17, 15) is 0 Å². The highest BCUT2D eigenvalue weighted by atomic mass is 79.9. The van der Waals surface area contributed by atoms with Gasteiger partial charge in [-0.1, -0.05) is 11.6 Å². The zero-order valence-corrected chi connectivity index (χ0v) is 12.7. The standard InChI is InChI=1S/C15H11BrClN3/c16-11-4-3-9(17)8-14(11)20-13-6-5-12(18)10-2-1-7-19-15(10)13/h1-8,20H,18H2. The molecule has 3 aromatic rings. The van der Waals surface area contributed by atoms with Crippen LogP contribution in [-0.4, -0.2) is 4.98 Å². The van der Waals surface area contributed by atoms with Gasteiger partial charge in [0.25, 0.3) is 0 Å². The minimum absolute atomic E-state index is 0.670. The zero-order valence-electron chi connectivity index (χ0n) is 10.4. The van der Waals surface area contributed by atoms with E-state index >= 15 is 0 Å². The van der Waals surface area contributed by atoms with Crippen LogP contribution >= 0.6 is 27.5 Å². The van der Waals surface area contributed by atoms with Crippen molar-refractivity contribution in [1.82, 2.24) is 4.98 Å². The molecule has 100 valence electrons. The van der Waals surface area contributed by atoms with Crippen molar-refractivity contribution in [2.75, 3.05) is 11.1 Å². The number of hydrogen-bond donors (Lipinski definition) is 2. The molecular weight excluding hydrogens is 338 g/mol. The van der Waals surface area contributed by atoms with Crippen LogP contribution in [0.15, 0.2) is 53.1 Å². The molecule has 0 saturated heterocycles. The van der Waals surface area contributed by atoms with E-state index in [1.54, 1.807) is 6.20 Å². The number of nitrogen functional groups attached to an aromatic ring is 1. The van der Waals surface area contributed by atoms with Crippen molar-refractivity contribution < 1.29 is 0 Å². The second-order valence-electron chi connectivity index (χ2n) is 4.35. The second kappa shape index (κ2) is 5.31. The largest absolute Gasteiger partial charge is 0.398 e. The van der Waals surface area contributed by atoms with Crippen molar-refractivity contribution in [2.24, 2.45) is 0 Å². The van der Waals surface area contributed by atoms with E-state index < -0.39 is 0 Å². The maximum Gasteiger partial charge on any atom is 0.0957 e. The van der Waals surface area contributed by atoms with Crippen molar-refractivity contribution >= 4 is 55.5 Å². The number of fused-ring (bicyclic) bond motifs is 1. The molecule has 3 rings (SSSR count). The maximum absolute atomic E-state index is 6.03. The van der Waals surface area contributed by atoms with Gasteiger partial charge in [0.15, 0.2) is 0 Å². The van der Waals surface area contributed by atoms with Crippen LogP contribution in [0, 0.1) is 0 Å². The molecule has 0 aliphatic carbocycles. The zero-order chi connectivity index (χ0) is 14.1. The van der Waals surface area contributed by atoms with Gasteiger partial charge in [0.1, 0.15) is 0 Å². The van der Waals surface area contributed by atoms with Gasteiger partial charge < -0.3 is 11.1 Å². The van der Waals surface area contributed by atoms with Gasteiger partial charge in [0, 0.05) is 26.8 Å². The fourth-order valence-corrected chi connectivity index (χ4v) is 2.55. The summed E-state index contributed by atoms with van der Waals surface area (Å²) in [5.74, 6) is 0. The summed E-state index contributed by atoms with van der Waals surface area (Å²) in [4.78, 5) is 4.40. The highest BCUT2D eigenvalue weighted by molar-refractivity contribution is 9.10. The molecule has 1 aromatic heterocycles. The Morgan fingerprint density at radius 2 is 1.95 bits per heavy atom. The highest BCUT2D eigenvalue weighted by Crippen LogP contribution is 2.32. The lowest BCUT2D eigenvalue weighted by Crippen LogP contribution is -1.96. The van der Waals surface area contributed by atoms with E-state index in [0.717, 1.165) is 26.8 Å². The Hall–Kier alpha value is -1.78. The minimum Gasteiger partial charge on any atom is -0.398 e. The molecule has 5 heteroatoms. The molecule has 0 spiro atoms. The average Bonchev–Trinajstić information content (AvgIpc) is 2.46. The van der Waals surface area contributed by atoms with Gasteiger partial charge in [-0.25, -0.2) is 0 Å². The molecule has 0 unspecified atom stereocenters. The molecule has 2 aromatic carbocycles. The summed E-state index contributed by atoms with van der Waals surface area (Å²) in [5.41, 5.74) is 9.29. The minimum atomic E-state index is 0.670. The molecule has 0 fully saturated rings. The molecule has 0 bridgehead atoms. The Morgan fingerprint density at radius 3 is 2.80 bits per heavy atom. The number of anilines is 3. The van der Waals surface area contributed by atoms with Crippen LogP contribution in [0.2, 0.25) is 5.02 Å². The van der Waals surface area contributed by atoms with Gasteiger partial charge in [-0.3, -0.25) is 4.98 Å². The summed E-state index contributed by atoms with van der Waals surface area (Å²) in [6.07, 6.45) is 1.75. The molecule has 0 amide bonds. The van der Waals surface area contributed by atoms with E-state index in [-0.39, 0.29) is 0 Å². The fraction of sp³-hybridized carbons (Fsp3) is 0. The van der Waals surface area contributed by atoms with Crippen molar-refractivity contribution in [3.8, 4) is 0 Å². The van der Waals surface area contributed by atoms with Crippen molar-refractivity contribution in [3.63, 3.8) is 0 Å². The molecule has 1 heterocycles. The Bertz CT molecular complexity index is 789. The number of rotatable bonds is 2. The van der Waals surface area contributed by atoms with Crippen molar-refractivity contribution in [1.29, 1.82) is 0 Å². The van der Waals surface area contributed by atoms with Gasteiger partial charge >= 0.3 is 0 Å². The number of aromatic nitrogens is 1. The Labute approximate surface area is 129 Å². The molecule has 3 N–H and O–H groups in total. The third kappa shape index (κ3) is 2.44. The molecule has 0 saturated carbocycles. The molecule has 3 nitrogen and oxygen atoms in total. The van der Waals surface area contributed by atoms with Crippen LogP contribution in [0.3, 0.4) is 0 Å². The number of nitrogens with two attached hydrogens (primary N) is 1. The Morgan fingerprint density at radius 1 is 1.10 bits per heavy atom. The number of nitrogens with zero attached hydrogens (tertiary/aromatic N) is 1. The van der Waals surface area contributed by atoms with E-state index in [1.165, 1.54) is 0 Å². The van der Waals surface area contributed by atoms with Gasteiger partial charge in [-0.05, 0) is 58.4 Å². The fourth-order valence-electron chi connectivity index (χ4n) is 2.03. The summed E-state index contributed by atoms with van der Waals surface area (Å²) < 4.78 is 0.933. The predicted octanol–water partition coefficient (Wildman–Crippen LogP) is 4.98. The first-order valence-corrected chi connectivity index (χ1v) is 7.17. The summed E-state index contributed by atoms with van der Waals surface area (Å²) in [6.45, 7) is 0. The summed E-state index contributed by atoms with van der Waals surface area (Å²) in [7, 11) is 0. The van der Waals surface area contributed by atoms with E-state index in [1.807, 2.05) is 42.5 Å². The van der Waals surface area contributed by atoms with Gasteiger partial charge in [-0.15, -0.1) is 0 Å². The monoisotopic (exact) mass is 347 g/mol. The van der Waals surface area contributed by atoms with Crippen LogP contribution in [0.5, 0.6) is 0 Å². The SMILES string of the molecule is Nc1ccc(Nc2cc(Cl)ccc2Br)c2ncccc12. The maximum atomic E-state index is 6.03. The first-order valence-electron chi connectivity index (χ1n) is 6.00. The summed E-state index contributed by atoms with van der Waals surface area (Å²) in [5, 5.41) is 4.93. The first-order chi connectivity index (χ1) is 9.65. The number of benzene rings is 2. The normalized spacial score (nSPS) is 10.7. The van der Waals surface area contributed by atoms with E-state index in [0.29, 0.717) is 10.7 Å². The smallest absolute Gasteiger partial charge is 0.0957 e. The summed E-state index contributed by atoms with van der Waals surface area (Å²) >= 11 is 9.53. The van der Waals surface area contributed by atoms with Crippen LogP contribution in [0.4, 0.5) is 17.1 Å². The van der Waals surface area contributed by atoms with E-state index in [4.69, 9.17) is 17.3 Å². The molecule has 0 aliphatic rings. The number of nitrogens with one attached hydrogen (secondary N) is 1. The van der Waals surface area contributed by atoms with Crippen molar-refractivity contribution in [2.45, 2.75) is 0 Å². The van der Waals surface area contributed by atoms with Crippen LogP contribution < -0.4 is 11.1 Å². The molecular formula is C15H11BrClN3. The van der Waals surface area contributed by atoms with Crippen molar-refractivity contribution in [3.05, 3.63) is 58.2 Å². The Balaban J connectivity index is 2.11.